The van der Waals surface area contributed by atoms with Gasteiger partial charge in [-0.3, -0.25) is 4.79 Å². The maximum Gasteiger partial charge on any atom is 0.320 e. The minimum atomic E-state index is -0.848. The number of carbonyl (C=O) groups excluding carboxylic acids is 1. The normalized spacial score (nSPS) is 22.6. The van der Waals surface area contributed by atoms with Crippen LogP contribution >= 0.6 is 0 Å². The van der Waals surface area contributed by atoms with Gasteiger partial charge in [0.1, 0.15) is 5.76 Å². The van der Waals surface area contributed by atoms with Gasteiger partial charge in [0.2, 0.25) is 0 Å². The van der Waals surface area contributed by atoms with Crippen molar-refractivity contribution in [3.05, 3.63) is 24.2 Å². The van der Waals surface area contributed by atoms with Crippen LogP contribution in [0.15, 0.2) is 22.8 Å². The fourth-order valence-corrected chi connectivity index (χ4v) is 2.52. The van der Waals surface area contributed by atoms with E-state index in [0.717, 1.165) is 0 Å². The van der Waals surface area contributed by atoms with Crippen LogP contribution in [0.5, 0.6) is 0 Å². The largest absolute Gasteiger partial charge is 0.481 e. The maximum atomic E-state index is 12.4. The molecular formula is C14H20N2O4. The Morgan fingerprint density at radius 1 is 1.55 bits per heavy atom. The predicted octanol–water partition coefficient (Wildman–Crippen LogP) is 2.02. The van der Waals surface area contributed by atoms with Gasteiger partial charge in [-0.25, -0.2) is 4.79 Å². The maximum absolute atomic E-state index is 12.4. The SMILES string of the molecule is CN(Cc1ccco1)C(=O)N1CCCC(C)(C(=O)O)C1. The van der Waals surface area contributed by atoms with Crippen molar-refractivity contribution in [1.82, 2.24) is 9.80 Å². The lowest BCUT2D eigenvalue weighted by molar-refractivity contribution is -0.150. The number of aliphatic carboxylic acids is 1. The molecule has 0 radical (unpaired) electrons. The van der Waals surface area contributed by atoms with Gasteiger partial charge >= 0.3 is 12.0 Å². The van der Waals surface area contributed by atoms with Gasteiger partial charge in [-0.2, -0.15) is 0 Å². The van der Waals surface area contributed by atoms with Crippen molar-refractivity contribution in [2.24, 2.45) is 5.41 Å². The highest BCUT2D eigenvalue weighted by molar-refractivity contribution is 5.78. The van der Waals surface area contributed by atoms with Crippen LogP contribution in [0.1, 0.15) is 25.5 Å². The Hall–Kier alpha value is -1.98. The zero-order chi connectivity index (χ0) is 14.8. The molecule has 1 aromatic heterocycles. The Bertz CT molecular complexity index is 485. The number of carboxylic acids is 1. The second-order valence-corrected chi connectivity index (χ2v) is 5.61. The van der Waals surface area contributed by atoms with E-state index in [9.17, 15) is 14.7 Å². The number of carboxylic acid groups (broad SMARTS) is 1. The average Bonchev–Trinajstić information content (AvgIpc) is 2.90. The minimum Gasteiger partial charge on any atom is -0.481 e. The van der Waals surface area contributed by atoms with Crippen molar-refractivity contribution in [2.45, 2.75) is 26.3 Å². The van der Waals surface area contributed by atoms with E-state index in [1.54, 1.807) is 42.2 Å². The summed E-state index contributed by atoms with van der Waals surface area (Å²) in [6.45, 7) is 2.93. The zero-order valence-corrected chi connectivity index (χ0v) is 11.8. The van der Waals surface area contributed by atoms with Crippen LogP contribution in [-0.4, -0.2) is 47.0 Å². The Labute approximate surface area is 118 Å². The number of carbonyl (C=O) groups is 2. The van der Waals surface area contributed by atoms with Gasteiger partial charge in [0.15, 0.2) is 0 Å². The molecule has 0 bridgehead atoms. The number of furan rings is 1. The Kier molecular flexibility index (Phi) is 4.01. The average molecular weight is 280 g/mol. The van der Waals surface area contributed by atoms with Gasteiger partial charge in [-0.1, -0.05) is 0 Å². The molecule has 20 heavy (non-hydrogen) atoms. The van der Waals surface area contributed by atoms with Crippen molar-refractivity contribution < 1.29 is 19.1 Å². The summed E-state index contributed by atoms with van der Waals surface area (Å²) in [7, 11) is 1.69. The monoisotopic (exact) mass is 280 g/mol. The van der Waals surface area contributed by atoms with E-state index in [1.807, 2.05) is 0 Å². The number of hydrogen-bond donors (Lipinski definition) is 1. The number of likely N-dealkylation sites (tertiary alicyclic amines) is 1. The van der Waals surface area contributed by atoms with Crippen LogP contribution in [0.25, 0.3) is 0 Å². The molecule has 2 rings (SSSR count). The highest BCUT2D eigenvalue weighted by Gasteiger charge is 2.40. The third kappa shape index (κ3) is 2.95. The van der Waals surface area contributed by atoms with E-state index in [1.165, 1.54) is 0 Å². The molecule has 1 unspecified atom stereocenters. The van der Waals surface area contributed by atoms with E-state index in [0.29, 0.717) is 31.7 Å². The third-order valence-corrected chi connectivity index (χ3v) is 3.78. The summed E-state index contributed by atoms with van der Waals surface area (Å²) in [6, 6.07) is 3.42. The molecular weight excluding hydrogens is 260 g/mol. The molecule has 0 aliphatic carbocycles. The molecule has 110 valence electrons. The lowest BCUT2D eigenvalue weighted by Gasteiger charge is -2.39. The van der Waals surface area contributed by atoms with Crippen molar-refractivity contribution in [3.8, 4) is 0 Å². The molecule has 1 N–H and O–H groups in total. The molecule has 1 fully saturated rings. The van der Waals surface area contributed by atoms with Gasteiger partial charge in [0.05, 0.1) is 18.2 Å². The van der Waals surface area contributed by atoms with Crippen LogP contribution < -0.4 is 0 Å². The first-order chi connectivity index (χ1) is 9.42. The number of amides is 2. The number of piperidine rings is 1. The van der Waals surface area contributed by atoms with Crippen LogP contribution in [0, 0.1) is 5.41 Å². The Morgan fingerprint density at radius 2 is 2.30 bits per heavy atom. The molecule has 0 aromatic carbocycles. The van der Waals surface area contributed by atoms with E-state index in [2.05, 4.69) is 0 Å². The third-order valence-electron chi connectivity index (χ3n) is 3.78. The van der Waals surface area contributed by atoms with E-state index >= 15 is 0 Å². The second kappa shape index (κ2) is 5.56. The summed E-state index contributed by atoms with van der Waals surface area (Å²) in [5, 5.41) is 9.28. The molecule has 1 aromatic rings. The fraction of sp³-hybridized carbons (Fsp3) is 0.571. The van der Waals surface area contributed by atoms with E-state index in [-0.39, 0.29) is 12.6 Å². The summed E-state index contributed by atoms with van der Waals surface area (Å²) in [5.41, 5.74) is -0.848. The molecule has 1 saturated heterocycles. The number of nitrogens with zero attached hydrogens (tertiary/aromatic N) is 2. The van der Waals surface area contributed by atoms with Gasteiger partial charge in [0.25, 0.3) is 0 Å². The van der Waals surface area contributed by atoms with Gasteiger partial charge in [-0.15, -0.1) is 0 Å². The molecule has 1 aliphatic rings. The highest BCUT2D eigenvalue weighted by Crippen LogP contribution is 2.30. The summed E-state index contributed by atoms with van der Waals surface area (Å²) < 4.78 is 5.21. The van der Waals surface area contributed by atoms with Crippen LogP contribution in [0.4, 0.5) is 4.79 Å². The first-order valence-corrected chi connectivity index (χ1v) is 6.68. The van der Waals surface area contributed by atoms with Gasteiger partial charge in [-0.05, 0) is 31.9 Å². The summed E-state index contributed by atoms with van der Waals surface area (Å²) in [6.07, 6.45) is 2.88. The van der Waals surface area contributed by atoms with Crippen molar-refractivity contribution in [3.63, 3.8) is 0 Å². The second-order valence-electron chi connectivity index (χ2n) is 5.61. The first kappa shape index (κ1) is 14.4. The summed E-state index contributed by atoms with van der Waals surface area (Å²) in [5.74, 6) is -0.137. The van der Waals surface area contributed by atoms with E-state index in [4.69, 9.17) is 4.42 Å². The molecule has 1 atom stereocenters. The van der Waals surface area contributed by atoms with Crippen LogP contribution in [0.3, 0.4) is 0 Å². The Balaban J connectivity index is 1.99. The number of rotatable bonds is 3. The smallest absolute Gasteiger partial charge is 0.320 e. The van der Waals surface area contributed by atoms with Crippen molar-refractivity contribution in [2.75, 3.05) is 20.1 Å². The van der Waals surface area contributed by atoms with Gasteiger partial charge in [0, 0.05) is 20.1 Å². The molecule has 6 heteroatoms. The number of urea groups is 1. The number of hydrogen-bond acceptors (Lipinski definition) is 3. The topological polar surface area (TPSA) is 74.0 Å². The van der Waals surface area contributed by atoms with Crippen LogP contribution in [-0.2, 0) is 11.3 Å². The van der Waals surface area contributed by atoms with E-state index < -0.39 is 11.4 Å². The molecule has 0 spiro atoms. The molecule has 2 heterocycles. The van der Waals surface area contributed by atoms with Crippen molar-refractivity contribution in [1.29, 1.82) is 0 Å². The standard InChI is InChI=1S/C14H20N2O4/c1-14(12(17)18)6-4-7-16(10-14)13(19)15(2)9-11-5-3-8-20-11/h3,5,8H,4,6-7,9-10H2,1-2H3,(H,17,18). The van der Waals surface area contributed by atoms with Crippen LogP contribution in [0.2, 0.25) is 0 Å². The highest BCUT2D eigenvalue weighted by atomic mass is 16.4. The fourth-order valence-electron chi connectivity index (χ4n) is 2.52. The molecule has 1 aliphatic heterocycles. The van der Waals surface area contributed by atoms with Crippen molar-refractivity contribution >= 4 is 12.0 Å². The quantitative estimate of drug-likeness (QED) is 0.919. The molecule has 0 saturated carbocycles. The lowest BCUT2D eigenvalue weighted by Crippen LogP contribution is -2.51. The summed E-state index contributed by atoms with van der Waals surface area (Å²) >= 11 is 0. The molecule has 6 nitrogen and oxygen atoms in total. The molecule has 2 amide bonds. The van der Waals surface area contributed by atoms with Gasteiger partial charge < -0.3 is 19.3 Å². The minimum absolute atomic E-state index is 0.159. The lowest BCUT2D eigenvalue weighted by atomic mass is 9.82. The zero-order valence-electron chi connectivity index (χ0n) is 11.8. The summed E-state index contributed by atoms with van der Waals surface area (Å²) in [4.78, 5) is 26.8. The Morgan fingerprint density at radius 3 is 2.90 bits per heavy atom. The first-order valence-electron chi connectivity index (χ1n) is 6.68. The predicted molar refractivity (Wildman–Crippen MR) is 72.1 cm³/mol.